The lowest BCUT2D eigenvalue weighted by atomic mass is 9.99. The van der Waals surface area contributed by atoms with Gasteiger partial charge in [-0.3, -0.25) is 0 Å². The molecule has 0 N–H and O–H groups in total. The highest BCUT2D eigenvalue weighted by atomic mass is 35.5. The number of carbonyl (C=O) groups is 1. The van der Waals surface area contributed by atoms with E-state index in [2.05, 4.69) is 0 Å². The Kier molecular flexibility index (Phi) is 3.21. The van der Waals surface area contributed by atoms with Crippen molar-refractivity contribution >= 4 is 29.2 Å². The lowest BCUT2D eigenvalue weighted by Gasteiger charge is -2.12. The van der Waals surface area contributed by atoms with E-state index in [1.807, 2.05) is 24.3 Å². The molecule has 0 aliphatic carbocycles. The molecule has 0 fully saturated rings. The van der Waals surface area contributed by atoms with Crippen molar-refractivity contribution in [2.75, 3.05) is 0 Å². The van der Waals surface area contributed by atoms with E-state index in [1.165, 1.54) is 0 Å². The highest BCUT2D eigenvalue weighted by Crippen LogP contribution is 2.38. The molecule has 0 saturated carbocycles. The average molecular weight is 293 g/mol. The van der Waals surface area contributed by atoms with Gasteiger partial charge in [0.25, 0.3) is 0 Å². The van der Waals surface area contributed by atoms with Crippen molar-refractivity contribution in [2.45, 2.75) is 12.5 Å². The largest absolute Gasteiger partial charge is 0.453 e. The first-order valence-electron chi connectivity index (χ1n) is 5.89. The number of rotatable bonds is 2. The normalized spacial score (nSPS) is 17.2. The second-order valence-corrected chi connectivity index (χ2v) is 5.20. The van der Waals surface area contributed by atoms with Crippen LogP contribution in [-0.4, -0.2) is 5.97 Å². The topological polar surface area (TPSA) is 26.3 Å². The summed E-state index contributed by atoms with van der Waals surface area (Å²) in [5.41, 5.74) is 2.24. The van der Waals surface area contributed by atoms with Crippen LogP contribution in [0.25, 0.3) is 0 Å². The van der Waals surface area contributed by atoms with Gasteiger partial charge in [-0.1, -0.05) is 47.5 Å². The molecule has 0 radical (unpaired) electrons. The molecular formula is C15H10Cl2O2. The number of hydrogen-bond donors (Lipinski definition) is 0. The summed E-state index contributed by atoms with van der Waals surface area (Å²) in [6.07, 6.45) is 0.165. The van der Waals surface area contributed by atoms with Crippen LogP contribution in [0.5, 0.6) is 0 Å². The summed E-state index contributed by atoms with van der Waals surface area (Å²) in [5, 5.41) is 1.22. The molecule has 1 aliphatic heterocycles. The van der Waals surface area contributed by atoms with Crippen molar-refractivity contribution in [1.29, 1.82) is 0 Å². The number of benzene rings is 2. The monoisotopic (exact) mass is 292 g/mol. The molecule has 4 heteroatoms. The van der Waals surface area contributed by atoms with Gasteiger partial charge in [-0.2, -0.15) is 0 Å². The van der Waals surface area contributed by atoms with E-state index in [0.29, 0.717) is 22.0 Å². The van der Waals surface area contributed by atoms with Crippen LogP contribution >= 0.6 is 23.2 Å². The first-order chi connectivity index (χ1) is 9.16. The van der Waals surface area contributed by atoms with Gasteiger partial charge < -0.3 is 4.74 Å². The Hall–Kier alpha value is -1.51. The fourth-order valence-electron chi connectivity index (χ4n) is 2.30. The summed E-state index contributed by atoms with van der Waals surface area (Å²) < 4.78 is 5.39. The molecule has 96 valence electrons. The van der Waals surface area contributed by atoms with Gasteiger partial charge in [0.15, 0.2) is 0 Å². The molecule has 0 spiro atoms. The molecule has 0 bridgehead atoms. The molecule has 1 unspecified atom stereocenters. The molecule has 1 heterocycles. The van der Waals surface area contributed by atoms with Crippen molar-refractivity contribution in [3.63, 3.8) is 0 Å². The Morgan fingerprint density at radius 1 is 1.00 bits per heavy atom. The van der Waals surface area contributed by atoms with E-state index >= 15 is 0 Å². The van der Waals surface area contributed by atoms with Crippen LogP contribution in [0.2, 0.25) is 10.0 Å². The van der Waals surface area contributed by atoms with E-state index in [1.54, 1.807) is 18.2 Å². The smallest absolute Gasteiger partial charge is 0.339 e. The quantitative estimate of drug-likeness (QED) is 0.765. The van der Waals surface area contributed by atoms with Crippen molar-refractivity contribution in [3.8, 4) is 0 Å². The zero-order valence-electron chi connectivity index (χ0n) is 9.90. The number of fused-ring (bicyclic) bond motifs is 1. The molecule has 2 nitrogen and oxygen atoms in total. The van der Waals surface area contributed by atoms with E-state index in [-0.39, 0.29) is 12.1 Å². The third kappa shape index (κ3) is 2.22. The van der Waals surface area contributed by atoms with Gasteiger partial charge in [0.2, 0.25) is 0 Å². The molecule has 1 atom stereocenters. The summed E-state index contributed by atoms with van der Waals surface area (Å²) in [5.74, 6) is -0.324. The molecule has 0 amide bonds. The maximum atomic E-state index is 11.8. The lowest BCUT2D eigenvalue weighted by Crippen LogP contribution is -2.03. The average Bonchev–Trinajstić information content (AvgIpc) is 2.71. The van der Waals surface area contributed by atoms with Gasteiger partial charge in [-0.25, -0.2) is 4.79 Å². The Bertz CT molecular complexity index is 652. The summed E-state index contributed by atoms with van der Waals surface area (Å²) in [7, 11) is 0. The molecule has 0 saturated heterocycles. The lowest BCUT2D eigenvalue weighted by molar-refractivity contribution is 0.0387. The Morgan fingerprint density at radius 3 is 2.53 bits per heavy atom. The Labute approximate surface area is 120 Å². The highest BCUT2D eigenvalue weighted by Gasteiger charge is 2.33. The molecule has 2 aromatic carbocycles. The predicted octanol–water partition coefficient (Wildman–Crippen LogP) is 4.45. The maximum Gasteiger partial charge on any atom is 0.339 e. The van der Waals surface area contributed by atoms with Crippen LogP contribution in [0.4, 0.5) is 0 Å². The SMILES string of the molecule is O=C1OC(Cc2ccccc2Cl)c2c(Cl)cccc21. The second kappa shape index (κ2) is 4.87. The van der Waals surface area contributed by atoms with Crippen molar-refractivity contribution in [2.24, 2.45) is 0 Å². The third-order valence-electron chi connectivity index (χ3n) is 3.21. The van der Waals surface area contributed by atoms with Crippen LogP contribution in [-0.2, 0) is 11.2 Å². The van der Waals surface area contributed by atoms with Crippen molar-refractivity contribution < 1.29 is 9.53 Å². The summed E-state index contributed by atoms with van der Waals surface area (Å²) >= 11 is 12.3. The molecule has 1 aliphatic rings. The van der Waals surface area contributed by atoms with E-state index in [9.17, 15) is 4.79 Å². The summed E-state index contributed by atoms with van der Waals surface area (Å²) in [6.45, 7) is 0. The fourth-order valence-corrected chi connectivity index (χ4v) is 2.81. The van der Waals surface area contributed by atoms with E-state index in [0.717, 1.165) is 11.1 Å². The number of carbonyl (C=O) groups excluding carboxylic acids is 1. The second-order valence-electron chi connectivity index (χ2n) is 4.39. The zero-order valence-corrected chi connectivity index (χ0v) is 11.4. The van der Waals surface area contributed by atoms with E-state index in [4.69, 9.17) is 27.9 Å². The van der Waals surface area contributed by atoms with Gasteiger partial charge in [0, 0.05) is 22.0 Å². The standard InChI is InChI=1S/C15H10Cl2O2/c16-11-6-2-1-4-9(11)8-13-14-10(15(18)19-13)5-3-7-12(14)17/h1-7,13H,8H2. The van der Waals surface area contributed by atoms with Crippen LogP contribution in [0.3, 0.4) is 0 Å². The molecule has 19 heavy (non-hydrogen) atoms. The van der Waals surface area contributed by atoms with Crippen LogP contribution in [0.15, 0.2) is 42.5 Å². The number of esters is 1. The van der Waals surface area contributed by atoms with Gasteiger partial charge in [0.1, 0.15) is 6.10 Å². The zero-order chi connectivity index (χ0) is 13.4. The van der Waals surface area contributed by atoms with Gasteiger partial charge in [0.05, 0.1) is 5.56 Å². The van der Waals surface area contributed by atoms with E-state index < -0.39 is 0 Å². The number of ether oxygens (including phenoxy) is 1. The summed E-state index contributed by atoms with van der Waals surface area (Å²) in [4.78, 5) is 11.8. The number of cyclic esters (lactones) is 1. The minimum Gasteiger partial charge on any atom is -0.453 e. The van der Waals surface area contributed by atoms with Gasteiger partial charge >= 0.3 is 5.97 Å². The van der Waals surface area contributed by atoms with Crippen molar-refractivity contribution in [1.82, 2.24) is 0 Å². The Morgan fingerprint density at radius 2 is 1.74 bits per heavy atom. The van der Waals surface area contributed by atoms with Crippen LogP contribution < -0.4 is 0 Å². The van der Waals surface area contributed by atoms with Crippen LogP contribution in [0, 0.1) is 0 Å². The maximum absolute atomic E-state index is 11.8. The molecule has 2 aromatic rings. The minimum atomic E-state index is -0.365. The number of halogens is 2. The first-order valence-corrected chi connectivity index (χ1v) is 6.65. The number of hydrogen-bond acceptors (Lipinski definition) is 2. The third-order valence-corrected chi connectivity index (χ3v) is 3.91. The first kappa shape index (κ1) is 12.5. The van der Waals surface area contributed by atoms with Gasteiger partial charge in [-0.05, 0) is 23.8 Å². The highest BCUT2D eigenvalue weighted by molar-refractivity contribution is 6.32. The van der Waals surface area contributed by atoms with Crippen molar-refractivity contribution in [3.05, 3.63) is 69.2 Å². The van der Waals surface area contributed by atoms with Crippen LogP contribution in [0.1, 0.15) is 27.6 Å². The fraction of sp³-hybridized carbons (Fsp3) is 0.133. The van der Waals surface area contributed by atoms with Gasteiger partial charge in [-0.15, -0.1) is 0 Å². The molecular weight excluding hydrogens is 283 g/mol. The molecule has 0 aromatic heterocycles. The Balaban J connectivity index is 1.98. The predicted molar refractivity (Wildman–Crippen MR) is 74.8 cm³/mol. The minimum absolute atomic E-state index is 0.324. The molecule has 3 rings (SSSR count). The summed E-state index contributed by atoms with van der Waals surface area (Å²) in [6, 6.07) is 12.8.